The van der Waals surface area contributed by atoms with Crippen molar-refractivity contribution in [2.45, 2.75) is 33.1 Å². The van der Waals surface area contributed by atoms with Crippen LogP contribution in [0.3, 0.4) is 0 Å². The van der Waals surface area contributed by atoms with Crippen LogP contribution in [0.5, 0.6) is 5.75 Å². The largest absolute Gasteiger partial charge is 0.496 e. The zero-order valence-electron chi connectivity index (χ0n) is 12.7. The fourth-order valence-electron chi connectivity index (χ4n) is 2.43. The van der Waals surface area contributed by atoms with Gasteiger partial charge in [-0.1, -0.05) is 13.0 Å². The Morgan fingerprint density at radius 2 is 1.74 bits per heavy atom. The Morgan fingerprint density at radius 3 is 2.21 bits per heavy atom. The van der Waals surface area contributed by atoms with Gasteiger partial charge in [-0.3, -0.25) is 0 Å². The summed E-state index contributed by atoms with van der Waals surface area (Å²) in [6.07, 6.45) is -0.352. The summed E-state index contributed by atoms with van der Waals surface area (Å²) in [5.41, 5.74) is 3.44. The third-order valence-electron chi connectivity index (χ3n) is 3.18. The van der Waals surface area contributed by atoms with E-state index in [9.17, 15) is 0 Å². The van der Waals surface area contributed by atoms with Crippen molar-refractivity contribution in [1.29, 1.82) is 0 Å². The highest BCUT2D eigenvalue weighted by Crippen LogP contribution is 2.32. The molecule has 0 bridgehead atoms. The molecule has 19 heavy (non-hydrogen) atoms. The first-order valence-electron chi connectivity index (χ1n) is 6.53. The third-order valence-corrected chi connectivity index (χ3v) is 3.18. The second-order valence-corrected chi connectivity index (χ2v) is 4.57. The summed E-state index contributed by atoms with van der Waals surface area (Å²) in [7, 11) is 4.98. The quantitative estimate of drug-likeness (QED) is 0.771. The fourth-order valence-corrected chi connectivity index (χ4v) is 2.43. The lowest BCUT2D eigenvalue weighted by Gasteiger charge is -2.28. The molecule has 0 fully saturated rings. The number of rotatable bonds is 7. The van der Waals surface area contributed by atoms with Gasteiger partial charge in [-0.2, -0.15) is 0 Å². The third kappa shape index (κ3) is 3.69. The summed E-state index contributed by atoms with van der Waals surface area (Å²) in [6, 6.07) is 4.12. The molecule has 1 N–H and O–H groups in total. The molecule has 0 aliphatic carbocycles. The Labute approximate surface area is 116 Å². The topological polar surface area (TPSA) is 39.7 Å². The van der Waals surface area contributed by atoms with Crippen LogP contribution >= 0.6 is 0 Å². The molecule has 0 radical (unpaired) electrons. The van der Waals surface area contributed by atoms with E-state index < -0.39 is 0 Å². The number of aryl methyl sites for hydroxylation is 2. The molecular formula is C15H25NO3. The van der Waals surface area contributed by atoms with Crippen molar-refractivity contribution in [1.82, 2.24) is 5.32 Å². The monoisotopic (exact) mass is 267 g/mol. The van der Waals surface area contributed by atoms with Crippen molar-refractivity contribution in [2.75, 3.05) is 27.9 Å². The van der Waals surface area contributed by atoms with Crippen molar-refractivity contribution in [2.24, 2.45) is 0 Å². The predicted molar refractivity (Wildman–Crippen MR) is 76.7 cm³/mol. The Hall–Kier alpha value is -1.10. The average Bonchev–Trinajstić information content (AvgIpc) is 2.38. The van der Waals surface area contributed by atoms with E-state index in [1.54, 1.807) is 21.3 Å². The van der Waals surface area contributed by atoms with Gasteiger partial charge in [0.05, 0.1) is 13.2 Å². The number of hydrogen-bond acceptors (Lipinski definition) is 4. The zero-order chi connectivity index (χ0) is 14.4. The Morgan fingerprint density at radius 1 is 1.11 bits per heavy atom. The van der Waals surface area contributed by atoms with Gasteiger partial charge in [0.25, 0.3) is 0 Å². The number of hydrogen-bond donors (Lipinski definition) is 1. The van der Waals surface area contributed by atoms with Crippen molar-refractivity contribution in [3.63, 3.8) is 0 Å². The first kappa shape index (κ1) is 16.0. The van der Waals surface area contributed by atoms with Gasteiger partial charge in [-0.25, -0.2) is 0 Å². The maximum Gasteiger partial charge on any atom is 0.176 e. The molecular weight excluding hydrogens is 242 g/mol. The summed E-state index contributed by atoms with van der Waals surface area (Å²) in [4.78, 5) is 0. The first-order chi connectivity index (χ1) is 9.08. The summed E-state index contributed by atoms with van der Waals surface area (Å²) in [5, 5.41) is 3.41. The molecule has 0 aromatic heterocycles. The Balaban J connectivity index is 3.28. The van der Waals surface area contributed by atoms with Crippen LogP contribution in [0.2, 0.25) is 0 Å². The minimum atomic E-state index is -0.352. The number of benzene rings is 1. The summed E-state index contributed by atoms with van der Waals surface area (Å²) in [5.74, 6) is 0.863. The van der Waals surface area contributed by atoms with Crippen LogP contribution in [0.1, 0.15) is 29.7 Å². The van der Waals surface area contributed by atoms with Crippen LogP contribution in [0.25, 0.3) is 0 Å². The molecule has 0 saturated carbocycles. The summed E-state index contributed by atoms with van der Waals surface area (Å²) >= 11 is 0. The van der Waals surface area contributed by atoms with Crippen LogP contribution < -0.4 is 10.1 Å². The van der Waals surface area contributed by atoms with Gasteiger partial charge in [-0.15, -0.1) is 0 Å². The van der Waals surface area contributed by atoms with Crippen molar-refractivity contribution >= 4 is 0 Å². The second-order valence-electron chi connectivity index (χ2n) is 4.57. The van der Waals surface area contributed by atoms with Gasteiger partial charge in [0.1, 0.15) is 5.75 Å². The van der Waals surface area contributed by atoms with Crippen LogP contribution in [0, 0.1) is 13.8 Å². The van der Waals surface area contributed by atoms with Gasteiger partial charge in [0, 0.05) is 19.8 Å². The average molecular weight is 267 g/mol. The van der Waals surface area contributed by atoms with E-state index in [-0.39, 0.29) is 12.3 Å². The molecule has 1 aromatic rings. The molecule has 0 heterocycles. The smallest absolute Gasteiger partial charge is 0.176 e. The van der Waals surface area contributed by atoms with Crippen molar-refractivity contribution in [3.05, 3.63) is 28.8 Å². The van der Waals surface area contributed by atoms with Crippen LogP contribution in [0.4, 0.5) is 0 Å². The number of methoxy groups -OCH3 is 3. The van der Waals surface area contributed by atoms with E-state index in [0.717, 1.165) is 17.9 Å². The van der Waals surface area contributed by atoms with Gasteiger partial charge >= 0.3 is 0 Å². The molecule has 0 amide bonds. The molecule has 4 nitrogen and oxygen atoms in total. The highest BCUT2D eigenvalue weighted by molar-refractivity contribution is 5.45. The zero-order valence-corrected chi connectivity index (χ0v) is 12.7. The van der Waals surface area contributed by atoms with Gasteiger partial charge < -0.3 is 19.5 Å². The van der Waals surface area contributed by atoms with Crippen molar-refractivity contribution in [3.8, 4) is 5.75 Å². The number of ether oxygens (including phenoxy) is 3. The van der Waals surface area contributed by atoms with Gasteiger partial charge in [0.2, 0.25) is 0 Å². The van der Waals surface area contributed by atoms with Crippen LogP contribution in [-0.2, 0) is 9.47 Å². The lowest BCUT2D eigenvalue weighted by Crippen LogP contribution is -2.35. The highest BCUT2D eigenvalue weighted by atomic mass is 16.7. The minimum absolute atomic E-state index is 0.0597. The molecule has 1 aromatic carbocycles. The van der Waals surface area contributed by atoms with E-state index in [1.807, 2.05) is 6.07 Å². The lowest BCUT2D eigenvalue weighted by atomic mass is 9.97. The molecule has 108 valence electrons. The molecule has 0 aliphatic rings. The van der Waals surface area contributed by atoms with Gasteiger partial charge in [0.15, 0.2) is 6.29 Å². The van der Waals surface area contributed by atoms with E-state index in [1.165, 1.54) is 11.1 Å². The summed E-state index contributed by atoms with van der Waals surface area (Å²) in [6.45, 7) is 7.03. The molecule has 4 heteroatoms. The second kappa shape index (κ2) is 7.48. The maximum absolute atomic E-state index is 5.52. The highest BCUT2D eigenvalue weighted by Gasteiger charge is 2.26. The number of likely N-dealkylation sites (N-methyl/N-ethyl adjacent to an activating group) is 1. The molecule has 1 unspecified atom stereocenters. The van der Waals surface area contributed by atoms with Gasteiger partial charge in [-0.05, 0) is 37.6 Å². The standard InChI is InChI=1S/C15H25NO3/c1-7-16-14(15(18-5)19-6)13-11(3)8-10(2)9-12(13)17-4/h8-9,14-16H,7H2,1-6H3. The Kier molecular flexibility index (Phi) is 6.28. The SMILES string of the molecule is CCNC(c1c(C)cc(C)cc1OC)C(OC)OC. The van der Waals surface area contributed by atoms with E-state index >= 15 is 0 Å². The first-order valence-corrected chi connectivity index (χ1v) is 6.53. The number of nitrogens with one attached hydrogen (secondary N) is 1. The molecule has 0 saturated heterocycles. The lowest BCUT2D eigenvalue weighted by molar-refractivity contribution is -0.124. The van der Waals surface area contributed by atoms with E-state index in [2.05, 4.69) is 32.2 Å². The summed E-state index contributed by atoms with van der Waals surface area (Å²) < 4.78 is 16.3. The fraction of sp³-hybridized carbons (Fsp3) is 0.600. The Bertz CT molecular complexity index is 403. The minimum Gasteiger partial charge on any atom is -0.496 e. The molecule has 1 rings (SSSR count). The normalized spacial score (nSPS) is 12.8. The molecule has 0 aliphatic heterocycles. The molecule has 0 spiro atoms. The van der Waals surface area contributed by atoms with Crippen LogP contribution in [-0.4, -0.2) is 34.2 Å². The predicted octanol–water partition coefficient (Wildman–Crippen LogP) is 2.58. The van der Waals surface area contributed by atoms with E-state index in [4.69, 9.17) is 14.2 Å². The van der Waals surface area contributed by atoms with Crippen molar-refractivity contribution < 1.29 is 14.2 Å². The molecule has 1 atom stereocenters. The van der Waals surface area contributed by atoms with E-state index in [0.29, 0.717) is 0 Å². The maximum atomic E-state index is 5.52. The van der Waals surface area contributed by atoms with Crippen LogP contribution in [0.15, 0.2) is 12.1 Å².